The summed E-state index contributed by atoms with van der Waals surface area (Å²) in [5, 5.41) is 2.70. The standard InChI is InChI=1S/C18H18N2O3/c1-23-10-15(21)20-17(18(19)22)16-13-8-4-2-6-11(13)12-7-3-5-9-14(12)16/h2-9,16-17H,10H2,1H3,(H2,19,22)(H,20,21)/t17-/m1/s1. The monoisotopic (exact) mass is 310 g/mol. The summed E-state index contributed by atoms with van der Waals surface area (Å²) >= 11 is 0. The van der Waals surface area contributed by atoms with Crippen LogP contribution in [0.2, 0.25) is 0 Å². The van der Waals surface area contributed by atoms with Gasteiger partial charge in [0.15, 0.2) is 0 Å². The first kappa shape index (κ1) is 15.2. The van der Waals surface area contributed by atoms with Crippen molar-refractivity contribution in [2.75, 3.05) is 13.7 Å². The first-order valence-electron chi connectivity index (χ1n) is 7.39. The fourth-order valence-corrected chi connectivity index (χ4v) is 3.22. The molecule has 0 aliphatic heterocycles. The van der Waals surface area contributed by atoms with Crippen molar-refractivity contribution in [3.8, 4) is 11.1 Å². The number of carbonyl (C=O) groups excluding carboxylic acids is 2. The predicted octanol–water partition coefficient (Wildman–Crippen LogP) is 1.42. The highest BCUT2D eigenvalue weighted by Gasteiger charge is 2.37. The average Bonchev–Trinajstić information content (AvgIpc) is 2.87. The maximum Gasteiger partial charge on any atom is 0.246 e. The Kier molecular flexibility index (Phi) is 4.12. The largest absolute Gasteiger partial charge is 0.375 e. The molecule has 2 amide bonds. The molecule has 118 valence electrons. The van der Waals surface area contributed by atoms with Gasteiger partial charge >= 0.3 is 0 Å². The first-order chi connectivity index (χ1) is 11.1. The number of ether oxygens (including phenoxy) is 1. The van der Waals surface area contributed by atoms with Gasteiger partial charge in [0.2, 0.25) is 11.8 Å². The van der Waals surface area contributed by atoms with Gasteiger partial charge in [-0.1, -0.05) is 48.5 Å². The number of methoxy groups -OCH3 is 1. The van der Waals surface area contributed by atoms with Crippen LogP contribution in [-0.2, 0) is 14.3 Å². The molecule has 2 aromatic carbocycles. The molecule has 5 nitrogen and oxygen atoms in total. The van der Waals surface area contributed by atoms with Crippen molar-refractivity contribution in [3.63, 3.8) is 0 Å². The Morgan fingerprint density at radius 2 is 1.61 bits per heavy atom. The summed E-state index contributed by atoms with van der Waals surface area (Å²) in [6, 6.07) is 14.9. The molecule has 0 heterocycles. The number of nitrogens with two attached hydrogens (primary N) is 1. The summed E-state index contributed by atoms with van der Waals surface area (Å²) in [4.78, 5) is 23.9. The number of fused-ring (bicyclic) bond motifs is 3. The van der Waals surface area contributed by atoms with Crippen LogP contribution in [0.4, 0.5) is 0 Å². The summed E-state index contributed by atoms with van der Waals surface area (Å²) in [6.07, 6.45) is 0. The number of rotatable bonds is 5. The van der Waals surface area contributed by atoms with Crippen molar-refractivity contribution in [2.24, 2.45) is 5.73 Å². The molecule has 3 N–H and O–H groups in total. The first-order valence-corrected chi connectivity index (χ1v) is 7.39. The van der Waals surface area contributed by atoms with Crippen LogP contribution in [-0.4, -0.2) is 31.6 Å². The minimum atomic E-state index is -0.817. The van der Waals surface area contributed by atoms with Crippen LogP contribution in [0.1, 0.15) is 17.0 Å². The number of amides is 2. The lowest BCUT2D eigenvalue weighted by Crippen LogP contribution is -2.49. The number of hydrogen-bond donors (Lipinski definition) is 2. The van der Waals surface area contributed by atoms with E-state index in [1.807, 2.05) is 48.5 Å². The fourth-order valence-electron chi connectivity index (χ4n) is 3.22. The summed E-state index contributed by atoms with van der Waals surface area (Å²) in [5.74, 6) is -1.22. The second-order valence-electron chi connectivity index (χ2n) is 5.53. The van der Waals surface area contributed by atoms with Crippen LogP contribution in [0.3, 0.4) is 0 Å². The van der Waals surface area contributed by atoms with Crippen LogP contribution in [0.25, 0.3) is 11.1 Å². The van der Waals surface area contributed by atoms with Gasteiger partial charge in [-0.3, -0.25) is 9.59 Å². The van der Waals surface area contributed by atoms with Crippen LogP contribution in [0, 0.1) is 0 Å². The van der Waals surface area contributed by atoms with Gasteiger partial charge in [0.05, 0.1) is 0 Å². The zero-order valence-corrected chi connectivity index (χ0v) is 12.8. The molecule has 2 aromatic rings. The molecule has 0 spiro atoms. The lowest BCUT2D eigenvalue weighted by molar-refractivity contribution is -0.129. The molecule has 0 saturated heterocycles. The van der Waals surface area contributed by atoms with E-state index in [0.717, 1.165) is 22.3 Å². The van der Waals surface area contributed by atoms with Crippen LogP contribution in [0.15, 0.2) is 48.5 Å². The highest BCUT2D eigenvalue weighted by Crippen LogP contribution is 2.45. The van der Waals surface area contributed by atoms with Crippen LogP contribution in [0.5, 0.6) is 0 Å². The fraction of sp³-hybridized carbons (Fsp3) is 0.222. The molecule has 1 aliphatic carbocycles. The van der Waals surface area contributed by atoms with Gasteiger partial charge in [-0.15, -0.1) is 0 Å². The Morgan fingerprint density at radius 3 is 2.09 bits per heavy atom. The molecule has 0 aromatic heterocycles. The van der Waals surface area contributed by atoms with Crippen molar-refractivity contribution in [1.29, 1.82) is 0 Å². The predicted molar refractivity (Wildman–Crippen MR) is 86.7 cm³/mol. The molecular weight excluding hydrogens is 292 g/mol. The van der Waals surface area contributed by atoms with Gasteiger partial charge in [0.1, 0.15) is 12.6 Å². The number of benzene rings is 2. The topological polar surface area (TPSA) is 81.4 Å². The van der Waals surface area contributed by atoms with Gasteiger partial charge < -0.3 is 15.8 Å². The molecule has 1 aliphatic rings. The van der Waals surface area contributed by atoms with E-state index < -0.39 is 11.9 Å². The van der Waals surface area contributed by atoms with Crippen molar-refractivity contribution >= 4 is 11.8 Å². The van der Waals surface area contributed by atoms with Gasteiger partial charge in [-0.2, -0.15) is 0 Å². The van der Waals surface area contributed by atoms with Gasteiger partial charge in [-0.25, -0.2) is 0 Å². The highest BCUT2D eigenvalue weighted by atomic mass is 16.5. The smallest absolute Gasteiger partial charge is 0.246 e. The minimum Gasteiger partial charge on any atom is -0.375 e. The molecule has 23 heavy (non-hydrogen) atoms. The molecule has 0 bridgehead atoms. The zero-order valence-electron chi connectivity index (χ0n) is 12.8. The third-order valence-corrected chi connectivity index (χ3v) is 4.11. The second kappa shape index (κ2) is 6.22. The van der Waals surface area contributed by atoms with Crippen LogP contribution < -0.4 is 11.1 Å². The molecule has 5 heteroatoms. The minimum absolute atomic E-state index is 0.111. The molecule has 0 saturated carbocycles. The van der Waals surface area contributed by atoms with E-state index in [2.05, 4.69) is 5.32 Å². The normalized spacial score (nSPS) is 14.0. The number of primary amides is 1. The molecule has 0 fully saturated rings. The lowest BCUT2D eigenvalue weighted by atomic mass is 9.89. The Labute approximate surface area is 134 Å². The van der Waals surface area contributed by atoms with E-state index in [-0.39, 0.29) is 18.4 Å². The van der Waals surface area contributed by atoms with E-state index in [1.165, 1.54) is 7.11 Å². The van der Waals surface area contributed by atoms with Crippen LogP contribution >= 0.6 is 0 Å². The Morgan fingerprint density at radius 1 is 1.09 bits per heavy atom. The molecule has 0 radical (unpaired) electrons. The summed E-state index contributed by atoms with van der Waals surface area (Å²) < 4.78 is 4.82. The number of carbonyl (C=O) groups is 2. The quantitative estimate of drug-likeness (QED) is 0.876. The van der Waals surface area contributed by atoms with E-state index in [4.69, 9.17) is 10.5 Å². The lowest BCUT2D eigenvalue weighted by Gasteiger charge is -2.24. The van der Waals surface area contributed by atoms with Crippen molar-refractivity contribution < 1.29 is 14.3 Å². The van der Waals surface area contributed by atoms with E-state index in [0.29, 0.717) is 0 Å². The molecule has 0 unspecified atom stereocenters. The van der Waals surface area contributed by atoms with Crippen molar-refractivity contribution in [1.82, 2.24) is 5.32 Å². The summed E-state index contributed by atoms with van der Waals surface area (Å²) in [7, 11) is 1.43. The average molecular weight is 310 g/mol. The summed E-state index contributed by atoms with van der Waals surface area (Å²) in [5.41, 5.74) is 9.71. The molecular formula is C18H18N2O3. The highest BCUT2D eigenvalue weighted by molar-refractivity contribution is 5.91. The van der Waals surface area contributed by atoms with Crippen molar-refractivity contribution in [3.05, 3.63) is 59.7 Å². The van der Waals surface area contributed by atoms with Gasteiger partial charge in [0.25, 0.3) is 0 Å². The summed E-state index contributed by atoms with van der Waals surface area (Å²) in [6.45, 7) is -0.111. The zero-order chi connectivity index (χ0) is 16.4. The third kappa shape index (κ3) is 2.71. The van der Waals surface area contributed by atoms with E-state index >= 15 is 0 Å². The Hall–Kier alpha value is -2.66. The Balaban J connectivity index is 2.06. The van der Waals surface area contributed by atoms with Gasteiger partial charge in [0, 0.05) is 13.0 Å². The van der Waals surface area contributed by atoms with E-state index in [1.54, 1.807) is 0 Å². The maximum absolute atomic E-state index is 12.0. The Bertz CT molecular complexity index is 712. The van der Waals surface area contributed by atoms with Crippen molar-refractivity contribution in [2.45, 2.75) is 12.0 Å². The molecule has 1 atom stereocenters. The second-order valence-corrected chi connectivity index (χ2v) is 5.53. The number of nitrogens with one attached hydrogen (secondary N) is 1. The van der Waals surface area contributed by atoms with Gasteiger partial charge in [-0.05, 0) is 22.3 Å². The molecule has 3 rings (SSSR count). The number of hydrogen-bond acceptors (Lipinski definition) is 3. The maximum atomic E-state index is 12.0. The van der Waals surface area contributed by atoms with E-state index in [9.17, 15) is 9.59 Å². The third-order valence-electron chi connectivity index (χ3n) is 4.11. The SMILES string of the molecule is COCC(=O)N[C@@H](C(N)=O)C1c2ccccc2-c2ccccc21.